The molecule has 0 saturated heterocycles. The number of methoxy groups -OCH3 is 2. The van der Waals surface area contributed by atoms with Crippen molar-refractivity contribution in [3.63, 3.8) is 0 Å². The fourth-order valence-corrected chi connectivity index (χ4v) is 1.73. The van der Waals surface area contributed by atoms with E-state index in [9.17, 15) is 4.79 Å². The fraction of sp³-hybridized carbons (Fsp3) is 0.467. The number of ether oxygens (including phenoxy) is 2. The van der Waals surface area contributed by atoms with Crippen LogP contribution in [0.15, 0.2) is 18.2 Å². The number of rotatable bonds is 8. The van der Waals surface area contributed by atoms with Crippen LogP contribution in [0.4, 0.5) is 0 Å². The van der Waals surface area contributed by atoms with E-state index in [4.69, 9.17) is 14.7 Å². The van der Waals surface area contributed by atoms with E-state index in [1.54, 1.807) is 26.2 Å². The fourth-order valence-electron chi connectivity index (χ4n) is 1.73. The number of carbonyl (C=O) groups is 1. The standard InChI is InChI=1S/C15H21N3O3/c1-11(15(19)17-6-7-20-2)18-10-12-4-5-13(9-16)14(8-12)21-3/h4-5,8,11,18H,6-7,10H2,1-3H3,(H,17,19). The van der Waals surface area contributed by atoms with E-state index in [1.807, 2.05) is 6.07 Å². The topological polar surface area (TPSA) is 83.4 Å². The van der Waals surface area contributed by atoms with Crippen LogP contribution >= 0.6 is 0 Å². The van der Waals surface area contributed by atoms with Crippen LogP contribution in [-0.4, -0.2) is 39.3 Å². The lowest BCUT2D eigenvalue weighted by molar-refractivity contribution is -0.122. The van der Waals surface area contributed by atoms with E-state index >= 15 is 0 Å². The van der Waals surface area contributed by atoms with Crippen LogP contribution in [0, 0.1) is 11.3 Å². The molecule has 1 atom stereocenters. The molecule has 1 rings (SSSR count). The Morgan fingerprint density at radius 2 is 2.19 bits per heavy atom. The summed E-state index contributed by atoms with van der Waals surface area (Å²) in [7, 11) is 3.12. The Labute approximate surface area is 125 Å². The summed E-state index contributed by atoms with van der Waals surface area (Å²) in [4.78, 5) is 11.8. The number of amides is 1. The Morgan fingerprint density at radius 3 is 2.81 bits per heavy atom. The highest BCUT2D eigenvalue weighted by Crippen LogP contribution is 2.19. The van der Waals surface area contributed by atoms with Gasteiger partial charge in [-0.1, -0.05) is 6.07 Å². The summed E-state index contributed by atoms with van der Waals surface area (Å²) in [6, 6.07) is 7.09. The van der Waals surface area contributed by atoms with Gasteiger partial charge in [-0.2, -0.15) is 5.26 Å². The number of hydrogen-bond acceptors (Lipinski definition) is 5. The highest BCUT2D eigenvalue weighted by molar-refractivity contribution is 5.81. The summed E-state index contributed by atoms with van der Waals surface area (Å²) < 4.78 is 10.0. The molecule has 21 heavy (non-hydrogen) atoms. The predicted molar refractivity (Wildman–Crippen MR) is 78.9 cm³/mol. The van der Waals surface area contributed by atoms with Crippen LogP contribution < -0.4 is 15.4 Å². The number of hydrogen-bond donors (Lipinski definition) is 2. The summed E-state index contributed by atoms with van der Waals surface area (Å²) >= 11 is 0. The SMILES string of the molecule is COCCNC(=O)C(C)NCc1ccc(C#N)c(OC)c1. The molecule has 2 N–H and O–H groups in total. The zero-order valence-corrected chi connectivity index (χ0v) is 12.6. The molecule has 0 aliphatic rings. The van der Waals surface area contributed by atoms with E-state index < -0.39 is 0 Å². The molecular weight excluding hydrogens is 270 g/mol. The second-order valence-electron chi connectivity index (χ2n) is 4.53. The third kappa shape index (κ3) is 5.42. The molecule has 0 spiro atoms. The van der Waals surface area contributed by atoms with Gasteiger partial charge in [-0.25, -0.2) is 0 Å². The van der Waals surface area contributed by atoms with Gasteiger partial charge in [-0.15, -0.1) is 0 Å². The molecule has 0 radical (unpaired) electrons. The maximum Gasteiger partial charge on any atom is 0.236 e. The Bertz CT molecular complexity index is 511. The third-order valence-corrected chi connectivity index (χ3v) is 3.00. The zero-order valence-electron chi connectivity index (χ0n) is 12.6. The smallest absolute Gasteiger partial charge is 0.236 e. The van der Waals surface area contributed by atoms with Crippen molar-refractivity contribution in [2.24, 2.45) is 0 Å². The number of carbonyl (C=O) groups excluding carboxylic acids is 1. The van der Waals surface area contributed by atoms with Gasteiger partial charge in [-0.05, 0) is 24.6 Å². The maximum absolute atomic E-state index is 11.8. The first kappa shape index (κ1) is 17.0. The Balaban J connectivity index is 2.51. The van der Waals surface area contributed by atoms with Gasteiger partial charge in [0, 0.05) is 20.2 Å². The molecule has 114 valence electrons. The minimum absolute atomic E-state index is 0.0762. The van der Waals surface area contributed by atoms with Gasteiger partial charge >= 0.3 is 0 Å². The van der Waals surface area contributed by atoms with Crippen LogP contribution in [0.2, 0.25) is 0 Å². The summed E-state index contributed by atoms with van der Waals surface area (Å²) in [5, 5.41) is 14.8. The van der Waals surface area contributed by atoms with Crippen molar-refractivity contribution in [2.75, 3.05) is 27.4 Å². The molecule has 0 bridgehead atoms. The van der Waals surface area contributed by atoms with Crippen LogP contribution in [0.25, 0.3) is 0 Å². The molecule has 1 aromatic rings. The quantitative estimate of drug-likeness (QED) is 0.692. The molecular formula is C15H21N3O3. The first-order valence-corrected chi connectivity index (χ1v) is 6.69. The lowest BCUT2D eigenvalue weighted by atomic mass is 10.1. The Morgan fingerprint density at radius 1 is 1.43 bits per heavy atom. The largest absolute Gasteiger partial charge is 0.495 e. The van der Waals surface area contributed by atoms with E-state index in [0.29, 0.717) is 31.0 Å². The number of nitrogens with zero attached hydrogens (tertiary/aromatic N) is 1. The van der Waals surface area contributed by atoms with Crippen molar-refractivity contribution in [2.45, 2.75) is 19.5 Å². The molecule has 1 unspecified atom stereocenters. The van der Waals surface area contributed by atoms with E-state index in [2.05, 4.69) is 16.7 Å². The molecule has 0 aromatic heterocycles. The molecule has 0 fully saturated rings. The molecule has 0 aliphatic heterocycles. The Kier molecular flexibility index (Phi) is 7.23. The summed E-state index contributed by atoms with van der Waals surface area (Å²) in [5.74, 6) is 0.460. The zero-order chi connectivity index (χ0) is 15.7. The maximum atomic E-state index is 11.8. The Hall–Kier alpha value is -2.10. The molecule has 0 heterocycles. The lowest BCUT2D eigenvalue weighted by Gasteiger charge is -2.14. The molecule has 6 heteroatoms. The van der Waals surface area contributed by atoms with Gasteiger partial charge in [0.15, 0.2) is 0 Å². The van der Waals surface area contributed by atoms with Crippen molar-refractivity contribution >= 4 is 5.91 Å². The first-order chi connectivity index (χ1) is 10.1. The second kappa shape index (κ2) is 8.95. The van der Waals surface area contributed by atoms with Crippen LogP contribution in [0.1, 0.15) is 18.1 Å². The molecule has 1 amide bonds. The molecule has 0 aliphatic carbocycles. The lowest BCUT2D eigenvalue weighted by Crippen LogP contribution is -2.42. The minimum atomic E-state index is -0.316. The van der Waals surface area contributed by atoms with Gasteiger partial charge in [0.25, 0.3) is 0 Å². The normalized spacial score (nSPS) is 11.5. The van der Waals surface area contributed by atoms with Gasteiger partial charge < -0.3 is 20.1 Å². The van der Waals surface area contributed by atoms with Crippen molar-refractivity contribution in [3.05, 3.63) is 29.3 Å². The number of nitriles is 1. The monoisotopic (exact) mass is 291 g/mol. The molecule has 1 aromatic carbocycles. The van der Waals surface area contributed by atoms with Crippen LogP contribution in [-0.2, 0) is 16.1 Å². The summed E-state index contributed by atoms with van der Waals surface area (Å²) in [5.41, 5.74) is 1.44. The van der Waals surface area contributed by atoms with Crippen molar-refractivity contribution in [1.82, 2.24) is 10.6 Å². The first-order valence-electron chi connectivity index (χ1n) is 6.69. The highest BCUT2D eigenvalue weighted by atomic mass is 16.5. The predicted octanol–water partition coefficient (Wildman–Crippen LogP) is 0.808. The highest BCUT2D eigenvalue weighted by Gasteiger charge is 2.12. The molecule has 6 nitrogen and oxygen atoms in total. The summed E-state index contributed by atoms with van der Waals surface area (Å²) in [6.45, 7) is 3.29. The van der Waals surface area contributed by atoms with Crippen molar-refractivity contribution in [1.29, 1.82) is 5.26 Å². The van der Waals surface area contributed by atoms with Gasteiger partial charge in [0.2, 0.25) is 5.91 Å². The summed E-state index contributed by atoms with van der Waals surface area (Å²) in [6.07, 6.45) is 0. The van der Waals surface area contributed by atoms with E-state index in [1.165, 1.54) is 7.11 Å². The van der Waals surface area contributed by atoms with E-state index in [-0.39, 0.29) is 11.9 Å². The number of benzene rings is 1. The average molecular weight is 291 g/mol. The number of nitrogens with one attached hydrogen (secondary N) is 2. The van der Waals surface area contributed by atoms with Crippen LogP contribution in [0.3, 0.4) is 0 Å². The molecule has 0 saturated carbocycles. The minimum Gasteiger partial charge on any atom is -0.495 e. The second-order valence-corrected chi connectivity index (χ2v) is 4.53. The van der Waals surface area contributed by atoms with Crippen molar-refractivity contribution in [3.8, 4) is 11.8 Å². The average Bonchev–Trinajstić information content (AvgIpc) is 2.52. The van der Waals surface area contributed by atoms with Crippen LogP contribution in [0.5, 0.6) is 5.75 Å². The third-order valence-electron chi connectivity index (χ3n) is 3.00. The van der Waals surface area contributed by atoms with Gasteiger partial charge in [0.05, 0.1) is 25.3 Å². The van der Waals surface area contributed by atoms with Crippen molar-refractivity contribution < 1.29 is 14.3 Å². The van der Waals surface area contributed by atoms with Gasteiger partial charge in [-0.3, -0.25) is 4.79 Å². The van der Waals surface area contributed by atoms with E-state index in [0.717, 1.165) is 5.56 Å². The van der Waals surface area contributed by atoms with Gasteiger partial charge in [0.1, 0.15) is 11.8 Å².